The van der Waals surface area contributed by atoms with E-state index in [1.807, 2.05) is 7.05 Å². The van der Waals surface area contributed by atoms with Crippen LogP contribution in [0.2, 0.25) is 0 Å². The summed E-state index contributed by atoms with van der Waals surface area (Å²) < 4.78 is 0. The summed E-state index contributed by atoms with van der Waals surface area (Å²) >= 11 is 0. The summed E-state index contributed by atoms with van der Waals surface area (Å²) in [6, 6.07) is 8.80. The zero-order valence-electron chi connectivity index (χ0n) is 14.0. The molecule has 0 saturated carbocycles. The van der Waals surface area contributed by atoms with Crippen molar-refractivity contribution in [3.05, 3.63) is 29.8 Å². The van der Waals surface area contributed by atoms with Gasteiger partial charge in [0.25, 0.3) is 0 Å². The highest BCUT2D eigenvalue weighted by atomic mass is 16.2. The van der Waals surface area contributed by atoms with Crippen molar-refractivity contribution in [2.24, 2.45) is 0 Å². The van der Waals surface area contributed by atoms with Crippen LogP contribution in [0.3, 0.4) is 0 Å². The molecule has 1 aromatic carbocycles. The van der Waals surface area contributed by atoms with Crippen molar-refractivity contribution < 1.29 is 4.79 Å². The lowest BCUT2D eigenvalue weighted by Crippen LogP contribution is -2.35. The smallest absolute Gasteiger partial charge is 0.234 e. The maximum absolute atomic E-state index is 11.7. The molecule has 4 nitrogen and oxygen atoms in total. The largest absolute Gasteiger partial charge is 0.372 e. The van der Waals surface area contributed by atoms with E-state index in [0.29, 0.717) is 6.54 Å². The standard InChI is InChI=1S/C18H29N3O/c1-3-11-19-18(22)15-20(2)14-16-7-9-17(10-8-16)21-12-5-4-6-13-21/h7-10H,3-6,11-15H2,1-2H3,(H,19,22). The number of piperidine rings is 1. The number of hydrogen-bond donors (Lipinski definition) is 1. The number of rotatable bonds is 7. The number of nitrogens with zero attached hydrogens (tertiary/aromatic N) is 2. The molecule has 1 N–H and O–H groups in total. The molecule has 1 fully saturated rings. The number of nitrogens with one attached hydrogen (secondary N) is 1. The highest BCUT2D eigenvalue weighted by Gasteiger charge is 2.11. The van der Waals surface area contributed by atoms with Gasteiger partial charge in [0.1, 0.15) is 0 Å². The van der Waals surface area contributed by atoms with Crippen LogP contribution in [0.5, 0.6) is 0 Å². The van der Waals surface area contributed by atoms with E-state index in [2.05, 4.69) is 46.3 Å². The Kier molecular flexibility index (Phi) is 6.72. The van der Waals surface area contributed by atoms with Crippen LogP contribution in [0, 0.1) is 0 Å². The minimum Gasteiger partial charge on any atom is -0.372 e. The van der Waals surface area contributed by atoms with E-state index in [9.17, 15) is 4.79 Å². The molecule has 1 heterocycles. The van der Waals surface area contributed by atoms with E-state index < -0.39 is 0 Å². The Labute approximate surface area is 134 Å². The van der Waals surface area contributed by atoms with Crippen LogP contribution in [0.15, 0.2) is 24.3 Å². The Hall–Kier alpha value is -1.55. The third-order valence-electron chi connectivity index (χ3n) is 4.10. The minimum absolute atomic E-state index is 0.106. The average molecular weight is 303 g/mol. The summed E-state index contributed by atoms with van der Waals surface area (Å²) in [5.74, 6) is 0.106. The Morgan fingerprint density at radius 3 is 2.50 bits per heavy atom. The second-order valence-electron chi connectivity index (χ2n) is 6.24. The molecule has 0 unspecified atom stereocenters. The van der Waals surface area contributed by atoms with E-state index in [1.54, 1.807) is 0 Å². The molecule has 1 saturated heterocycles. The molecule has 22 heavy (non-hydrogen) atoms. The summed E-state index contributed by atoms with van der Waals surface area (Å²) in [7, 11) is 1.99. The molecule has 2 rings (SSSR count). The Morgan fingerprint density at radius 2 is 1.86 bits per heavy atom. The summed E-state index contributed by atoms with van der Waals surface area (Å²) in [5, 5.41) is 2.91. The van der Waals surface area contributed by atoms with Crippen LogP contribution in [0.4, 0.5) is 5.69 Å². The van der Waals surface area contributed by atoms with Crippen LogP contribution in [-0.2, 0) is 11.3 Å². The number of likely N-dealkylation sites (N-methyl/N-ethyl adjacent to an activating group) is 1. The molecular formula is C18H29N3O. The lowest BCUT2D eigenvalue weighted by molar-refractivity contribution is -0.122. The molecule has 0 aliphatic carbocycles. The van der Waals surface area contributed by atoms with Crippen LogP contribution in [0.1, 0.15) is 38.2 Å². The lowest BCUT2D eigenvalue weighted by Gasteiger charge is -2.29. The molecule has 4 heteroatoms. The van der Waals surface area contributed by atoms with Gasteiger partial charge in [-0.3, -0.25) is 9.69 Å². The van der Waals surface area contributed by atoms with E-state index in [-0.39, 0.29) is 5.91 Å². The lowest BCUT2D eigenvalue weighted by atomic mass is 10.1. The van der Waals surface area contributed by atoms with Gasteiger partial charge in [-0.15, -0.1) is 0 Å². The zero-order valence-corrected chi connectivity index (χ0v) is 14.0. The topological polar surface area (TPSA) is 35.6 Å². The van der Waals surface area contributed by atoms with Crippen LogP contribution < -0.4 is 10.2 Å². The highest BCUT2D eigenvalue weighted by molar-refractivity contribution is 5.77. The molecular weight excluding hydrogens is 274 g/mol. The average Bonchev–Trinajstić information content (AvgIpc) is 2.54. The number of amides is 1. The van der Waals surface area contributed by atoms with Crippen molar-refractivity contribution in [3.63, 3.8) is 0 Å². The van der Waals surface area contributed by atoms with Crippen molar-refractivity contribution in [1.29, 1.82) is 0 Å². The SMILES string of the molecule is CCCNC(=O)CN(C)Cc1ccc(N2CCCCC2)cc1. The third-order valence-corrected chi connectivity index (χ3v) is 4.10. The summed E-state index contributed by atoms with van der Waals surface area (Å²) in [5.41, 5.74) is 2.58. The Bertz CT molecular complexity index is 452. The quantitative estimate of drug-likeness (QED) is 0.841. The van der Waals surface area contributed by atoms with Gasteiger partial charge in [0.2, 0.25) is 5.91 Å². The third kappa shape index (κ3) is 5.34. The van der Waals surface area contributed by atoms with Gasteiger partial charge in [0.05, 0.1) is 6.54 Å². The second kappa shape index (κ2) is 8.79. The van der Waals surface area contributed by atoms with Gasteiger partial charge in [-0.2, -0.15) is 0 Å². The second-order valence-corrected chi connectivity index (χ2v) is 6.24. The van der Waals surface area contributed by atoms with Gasteiger partial charge in [-0.05, 0) is 50.4 Å². The fraction of sp³-hybridized carbons (Fsp3) is 0.611. The molecule has 1 aliphatic heterocycles. The zero-order chi connectivity index (χ0) is 15.8. The number of hydrogen-bond acceptors (Lipinski definition) is 3. The number of benzene rings is 1. The first-order valence-corrected chi connectivity index (χ1v) is 8.48. The normalized spacial score (nSPS) is 15.1. The molecule has 0 atom stereocenters. The molecule has 1 amide bonds. The maximum Gasteiger partial charge on any atom is 0.234 e. The van der Waals surface area contributed by atoms with Crippen molar-refractivity contribution in [2.45, 2.75) is 39.2 Å². The number of anilines is 1. The van der Waals surface area contributed by atoms with Gasteiger partial charge in [0.15, 0.2) is 0 Å². The van der Waals surface area contributed by atoms with E-state index in [4.69, 9.17) is 0 Å². The highest BCUT2D eigenvalue weighted by Crippen LogP contribution is 2.20. The van der Waals surface area contributed by atoms with E-state index in [1.165, 1.54) is 43.6 Å². The number of carbonyl (C=O) groups is 1. The van der Waals surface area contributed by atoms with Crippen molar-refractivity contribution in [1.82, 2.24) is 10.2 Å². The molecule has 1 aliphatic rings. The fourth-order valence-electron chi connectivity index (χ4n) is 2.90. The van der Waals surface area contributed by atoms with Crippen molar-refractivity contribution in [3.8, 4) is 0 Å². The molecule has 0 aromatic heterocycles. The van der Waals surface area contributed by atoms with Gasteiger partial charge in [-0.25, -0.2) is 0 Å². The monoisotopic (exact) mass is 303 g/mol. The van der Waals surface area contributed by atoms with E-state index >= 15 is 0 Å². The molecule has 122 valence electrons. The Morgan fingerprint density at radius 1 is 1.18 bits per heavy atom. The first-order valence-electron chi connectivity index (χ1n) is 8.48. The first-order chi connectivity index (χ1) is 10.7. The molecule has 0 bridgehead atoms. The summed E-state index contributed by atoms with van der Waals surface area (Å²) in [6.07, 6.45) is 4.95. The predicted molar refractivity (Wildman–Crippen MR) is 92.1 cm³/mol. The fourth-order valence-corrected chi connectivity index (χ4v) is 2.90. The summed E-state index contributed by atoms with van der Waals surface area (Å²) in [6.45, 7) is 6.44. The predicted octanol–water partition coefficient (Wildman–Crippen LogP) is 2.63. The molecule has 1 aromatic rings. The van der Waals surface area contributed by atoms with Crippen LogP contribution in [-0.4, -0.2) is 44.0 Å². The van der Waals surface area contributed by atoms with Gasteiger partial charge < -0.3 is 10.2 Å². The summed E-state index contributed by atoms with van der Waals surface area (Å²) in [4.78, 5) is 16.2. The number of carbonyl (C=O) groups excluding carboxylic acids is 1. The maximum atomic E-state index is 11.7. The van der Waals surface area contributed by atoms with E-state index in [0.717, 1.165) is 19.5 Å². The Balaban J connectivity index is 1.81. The van der Waals surface area contributed by atoms with Gasteiger partial charge >= 0.3 is 0 Å². The van der Waals surface area contributed by atoms with Crippen LogP contribution in [0.25, 0.3) is 0 Å². The van der Waals surface area contributed by atoms with Crippen molar-refractivity contribution in [2.75, 3.05) is 38.1 Å². The molecule has 0 radical (unpaired) electrons. The van der Waals surface area contributed by atoms with Gasteiger partial charge in [0, 0.05) is 31.9 Å². The first kappa shape index (κ1) is 16.8. The van der Waals surface area contributed by atoms with Crippen LogP contribution >= 0.6 is 0 Å². The van der Waals surface area contributed by atoms with Gasteiger partial charge in [-0.1, -0.05) is 19.1 Å². The molecule has 0 spiro atoms. The minimum atomic E-state index is 0.106. The van der Waals surface area contributed by atoms with Crippen molar-refractivity contribution >= 4 is 11.6 Å².